The molecule has 0 saturated carbocycles. The van der Waals surface area contributed by atoms with E-state index in [4.69, 9.17) is 5.11 Å². The van der Waals surface area contributed by atoms with Crippen LogP contribution in [0.25, 0.3) is 0 Å². The number of halogens is 1. The standard InChI is InChI=1S/C12H15NO.ClH/c14-11-5-3-1-2-4-6-12-7-9-13-10-8-12;/h7,13-14H,3,5,8-11H2;1H. The predicted molar refractivity (Wildman–Crippen MR) is 64.7 cm³/mol. The average Bonchev–Trinajstić information content (AvgIpc) is 2.25. The molecule has 0 saturated heterocycles. The molecule has 0 fully saturated rings. The lowest BCUT2D eigenvalue weighted by Crippen LogP contribution is -2.19. The third-order valence-electron chi connectivity index (χ3n) is 1.90. The fourth-order valence-corrected chi connectivity index (χ4v) is 1.12. The Morgan fingerprint density at radius 3 is 2.93 bits per heavy atom. The van der Waals surface area contributed by atoms with Crippen LogP contribution in [0.5, 0.6) is 0 Å². The number of nitrogens with one attached hydrogen (secondary N) is 1. The lowest BCUT2D eigenvalue weighted by atomic mass is 10.1. The first kappa shape index (κ1) is 14.1. The van der Waals surface area contributed by atoms with Crippen LogP contribution in [0.3, 0.4) is 0 Å². The Morgan fingerprint density at radius 1 is 1.40 bits per heavy atom. The topological polar surface area (TPSA) is 32.3 Å². The van der Waals surface area contributed by atoms with Gasteiger partial charge in [0, 0.05) is 31.7 Å². The fraction of sp³-hybridized carbons (Fsp3) is 0.500. The molecule has 15 heavy (non-hydrogen) atoms. The summed E-state index contributed by atoms with van der Waals surface area (Å²) in [5.74, 6) is 11.5. The van der Waals surface area contributed by atoms with Gasteiger partial charge in [0.05, 0.1) is 0 Å². The van der Waals surface area contributed by atoms with Crippen molar-refractivity contribution in [1.82, 2.24) is 5.32 Å². The van der Waals surface area contributed by atoms with Gasteiger partial charge in [-0.2, -0.15) is 0 Å². The van der Waals surface area contributed by atoms with E-state index in [2.05, 4.69) is 35.1 Å². The van der Waals surface area contributed by atoms with Crippen molar-refractivity contribution in [1.29, 1.82) is 0 Å². The van der Waals surface area contributed by atoms with Gasteiger partial charge in [0.1, 0.15) is 0 Å². The summed E-state index contributed by atoms with van der Waals surface area (Å²) in [7, 11) is 0. The van der Waals surface area contributed by atoms with Crippen molar-refractivity contribution in [3.63, 3.8) is 0 Å². The number of rotatable bonds is 2. The predicted octanol–water partition coefficient (Wildman–Crippen LogP) is 1.11. The molecule has 0 radical (unpaired) electrons. The molecule has 82 valence electrons. The van der Waals surface area contributed by atoms with Crippen LogP contribution in [-0.4, -0.2) is 24.8 Å². The summed E-state index contributed by atoms with van der Waals surface area (Å²) in [6.07, 6.45) is 4.57. The third kappa shape index (κ3) is 7.05. The average molecular weight is 226 g/mol. The van der Waals surface area contributed by atoms with E-state index in [9.17, 15) is 0 Å². The molecule has 1 aliphatic heterocycles. The lowest BCUT2D eigenvalue weighted by molar-refractivity contribution is 0.290. The minimum absolute atomic E-state index is 0. The number of hydrogen-bond acceptors (Lipinski definition) is 2. The van der Waals surface area contributed by atoms with Crippen LogP contribution in [0.4, 0.5) is 0 Å². The Bertz CT molecular complexity index is 314. The van der Waals surface area contributed by atoms with Crippen molar-refractivity contribution in [2.75, 3.05) is 19.7 Å². The molecule has 0 aromatic heterocycles. The van der Waals surface area contributed by atoms with Crippen molar-refractivity contribution >= 4 is 12.4 Å². The van der Waals surface area contributed by atoms with Crippen LogP contribution >= 0.6 is 12.4 Å². The van der Waals surface area contributed by atoms with Gasteiger partial charge in [-0.15, -0.1) is 12.4 Å². The number of hydrogen-bond donors (Lipinski definition) is 2. The van der Waals surface area contributed by atoms with E-state index in [-0.39, 0.29) is 19.0 Å². The van der Waals surface area contributed by atoms with Crippen molar-refractivity contribution < 1.29 is 5.11 Å². The molecule has 0 unspecified atom stereocenters. The molecule has 2 N–H and O–H groups in total. The minimum atomic E-state index is 0. The second kappa shape index (κ2) is 9.62. The molecule has 0 amide bonds. The third-order valence-corrected chi connectivity index (χ3v) is 1.90. The van der Waals surface area contributed by atoms with Gasteiger partial charge in [0.25, 0.3) is 0 Å². The van der Waals surface area contributed by atoms with Gasteiger partial charge in [0.15, 0.2) is 0 Å². The van der Waals surface area contributed by atoms with Gasteiger partial charge in [-0.3, -0.25) is 0 Å². The second-order valence-electron chi connectivity index (χ2n) is 3.06. The molecule has 0 spiro atoms. The number of aliphatic hydroxyl groups is 1. The smallest absolute Gasteiger partial charge is 0.0440 e. The second-order valence-corrected chi connectivity index (χ2v) is 3.06. The molecule has 0 atom stereocenters. The normalized spacial score (nSPS) is 13.5. The van der Waals surface area contributed by atoms with Crippen molar-refractivity contribution in [2.24, 2.45) is 0 Å². The van der Waals surface area contributed by atoms with E-state index in [1.165, 1.54) is 5.57 Å². The van der Waals surface area contributed by atoms with E-state index in [0.29, 0.717) is 0 Å². The van der Waals surface area contributed by atoms with E-state index < -0.39 is 0 Å². The molecule has 2 nitrogen and oxygen atoms in total. The first-order valence-electron chi connectivity index (χ1n) is 4.93. The zero-order chi connectivity index (χ0) is 10.1. The molecule has 1 rings (SSSR count). The number of aliphatic hydroxyl groups excluding tert-OH is 1. The molecule has 3 heteroatoms. The maximum atomic E-state index is 8.51. The monoisotopic (exact) mass is 225 g/mol. The van der Waals surface area contributed by atoms with Crippen LogP contribution in [0.2, 0.25) is 0 Å². The summed E-state index contributed by atoms with van der Waals surface area (Å²) >= 11 is 0. The van der Waals surface area contributed by atoms with Crippen LogP contribution in [-0.2, 0) is 0 Å². The van der Waals surface area contributed by atoms with Gasteiger partial charge < -0.3 is 10.4 Å². The summed E-state index contributed by atoms with van der Waals surface area (Å²) in [5.41, 5.74) is 1.18. The van der Waals surface area contributed by atoms with E-state index in [1.54, 1.807) is 0 Å². The molecule has 0 bridgehead atoms. The zero-order valence-corrected chi connectivity index (χ0v) is 9.49. The molecular formula is C12H16ClNO. The summed E-state index contributed by atoms with van der Waals surface area (Å²) in [5, 5.41) is 11.7. The van der Waals surface area contributed by atoms with Gasteiger partial charge in [-0.25, -0.2) is 0 Å². The van der Waals surface area contributed by atoms with Gasteiger partial charge in [0.2, 0.25) is 0 Å². The van der Waals surface area contributed by atoms with Gasteiger partial charge in [-0.1, -0.05) is 17.9 Å². The summed E-state index contributed by atoms with van der Waals surface area (Å²) in [6.45, 7) is 2.14. The van der Waals surface area contributed by atoms with Crippen LogP contribution < -0.4 is 5.32 Å². The maximum absolute atomic E-state index is 8.51. The lowest BCUT2D eigenvalue weighted by Gasteiger charge is -2.07. The van der Waals surface area contributed by atoms with Crippen LogP contribution in [0.15, 0.2) is 11.6 Å². The molecule has 0 aromatic rings. The Morgan fingerprint density at radius 2 is 2.27 bits per heavy atom. The minimum Gasteiger partial charge on any atom is -0.396 e. The fourth-order valence-electron chi connectivity index (χ4n) is 1.12. The van der Waals surface area contributed by atoms with E-state index >= 15 is 0 Å². The van der Waals surface area contributed by atoms with Crippen LogP contribution in [0.1, 0.15) is 19.3 Å². The summed E-state index contributed by atoms with van der Waals surface area (Å²) < 4.78 is 0. The largest absolute Gasteiger partial charge is 0.396 e. The Hall–Kier alpha value is -0.930. The van der Waals surface area contributed by atoms with Crippen molar-refractivity contribution in [3.05, 3.63) is 11.6 Å². The van der Waals surface area contributed by atoms with E-state index in [1.807, 2.05) is 0 Å². The summed E-state index contributed by atoms with van der Waals surface area (Å²) in [6, 6.07) is 0. The highest BCUT2D eigenvalue weighted by molar-refractivity contribution is 5.85. The van der Waals surface area contributed by atoms with Crippen molar-refractivity contribution in [3.8, 4) is 23.7 Å². The highest BCUT2D eigenvalue weighted by Gasteiger charge is 1.97. The first-order chi connectivity index (χ1) is 6.93. The molecule has 0 aliphatic carbocycles. The SMILES string of the molecule is Cl.OCCCC#CC#CC1=CCNCC1. The molecule has 1 heterocycles. The molecular weight excluding hydrogens is 210 g/mol. The van der Waals surface area contributed by atoms with Gasteiger partial charge >= 0.3 is 0 Å². The number of unbranched alkanes of at least 4 members (excludes halogenated alkanes) is 1. The quantitative estimate of drug-likeness (QED) is 0.545. The Kier molecular flexibility index (Phi) is 9.02. The highest BCUT2D eigenvalue weighted by Crippen LogP contribution is 2.00. The van der Waals surface area contributed by atoms with Gasteiger partial charge in [-0.05, 0) is 24.7 Å². The van der Waals surface area contributed by atoms with Crippen molar-refractivity contribution in [2.45, 2.75) is 19.3 Å². The Labute approximate surface area is 97.6 Å². The highest BCUT2D eigenvalue weighted by atomic mass is 35.5. The summed E-state index contributed by atoms with van der Waals surface area (Å²) in [4.78, 5) is 0. The van der Waals surface area contributed by atoms with Crippen LogP contribution in [0, 0.1) is 23.7 Å². The zero-order valence-electron chi connectivity index (χ0n) is 8.68. The molecule has 0 aromatic carbocycles. The Balaban J connectivity index is 0.00000196. The maximum Gasteiger partial charge on any atom is 0.0440 e. The first-order valence-corrected chi connectivity index (χ1v) is 4.93. The van der Waals surface area contributed by atoms with E-state index in [0.717, 1.165) is 32.4 Å². The molecule has 1 aliphatic rings.